The van der Waals surface area contributed by atoms with Gasteiger partial charge in [-0.1, -0.05) is 31.9 Å². The summed E-state index contributed by atoms with van der Waals surface area (Å²) in [6, 6.07) is 7.85. The molecule has 0 spiro atoms. The summed E-state index contributed by atoms with van der Waals surface area (Å²) in [5, 5.41) is 3.05. The highest BCUT2D eigenvalue weighted by Crippen LogP contribution is 2.26. The molecular weight excluding hydrogens is 214 g/mol. The second-order valence-corrected chi connectivity index (χ2v) is 3.95. The number of rotatable bonds is 9. The summed E-state index contributed by atoms with van der Waals surface area (Å²) in [5.74, 6) is 1.68. The molecule has 0 unspecified atom stereocenters. The minimum absolute atomic E-state index is 0.659. The van der Waals surface area contributed by atoms with E-state index in [2.05, 4.69) is 12.2 Å². The molecule has 0 heterocycles. The Hall–Kier alpha value is -1.22. The highest BCUT2D eigenvalue weighted by atomic mass is 16.5. The molecule has 0 aliphatic rings. The number of hydrogen-bond donors (Lipinski definition) is 1. The van der Waals surface area contributed by atoms with Gasteiger partial charge in [-0.15, -0.1) is 0 Å². The minimum Gasteiger partial charge on any atom is -0.490 e. The molecule has 0 aromatic heterocycles. The molecule has 3 nitrogen and oxygen atoms in total. The summed E-state index contributed by atoms with van der Waals surface area (Å²) in [7, 11) is 1.91. The van der Waals surface area contributed by atoms with E-state index in [4.69, 9.17) is 9.47 Å². The first-order chi connectivity index (χ1) is 8.38. The van der Waals surface area contributed by atoms with Crippen LogP contribution in [0.1, 0.15) is 26.2 Å². The second kappa shape index (κ2) is 8.88. The Morgan fingerprint density at radius 1 is 1.00 bits per heavy atom. The van der Waals surface area contributed by atoms with Crippen LogP contribution in [0.4, 0.5) is 0 Å². The Labute approximate surface area is 104 Å². The van der Waals surface area contributed by atoms with Crippen molar-refractivity contribution in [2.75, 3.05) is 26.8 Å². The molecule has 0 bridgehead atoms. The number of para-hydroxylation sites is 2. The summed E-state index contributed by atoms with van der Waals surface area (Å²) >= 11 is 0. The molecule has 0 atom stereocenters. The molecule has 3 heteroatoms. The lowest BCUT2D eigenvalue weighted by atomic mass is 10.2. The van der Waals surface area contributed by atoms with E-state index in [0.717, 1.165) is 31.1 Å². The topological polar surface area (TPSA) is 30.5 Å². The fourth-order valence-electron chi connectivity index (χ4n) is 1.49. The van der Waals surface area contributed by atoms with Gasteiger partial charge in [0.15, 0.2) is 11.5 Å². The molecule has 1 aromatic rings. The minimum atomic E-state index is 0.659. The van der Waals surface area contributed by atoms with Crippen LogP contribution in [0.3, 0.4) is 0 Å². The second-order valence-electron chi connectivity index (χ2n) is 3.95. The van der Waals surface area contributed by atoms with Crippen LogP contribution in [-0.2, 0) is 0 Å². The van der Waals surface area contributed by atoms with E-state index in [1.165, 1.54) is 12.8 Å². The Morgan fingerprint density at radius 2 is 1.65 bits per heavy atom. The first-order valence-corrected chi connectivity index (χ1v) is 6.37. The number of nitrogens with one attached hydrogen (secondary N) is 1. The maximum absolute atomic E-state index is 5.72. The van der Waals surface area contributed by atoms with E-state index in [9.17, 15) is 0 Å². The third-order valence-corrected chi connectivity index (χ3v) is 2.46. The van der Waals surface area contributed by atoms with Crippen LogP contribution in [0.2, 0.25) is 0 Å². The van der Waals surface area contributed by atoms with Crippen LogP contribution in [-0.4, -0.2) is 26.8 Å². The highest BCUT2D eigenvalue weighted by molar-refractivity contribution is 5.39. The van der Waals surface area contributed by atoms with Crippen molar-refractivity contribution in [2.45, 2.75) is 26.2 Å². The van der Waals surface area contributed by atoms with Crippen LogP contribution in [0.25, 0.3) is 0 Å². The van der Waals surface area contributed by atoms with Gasteiger partial charge in [0.1, 0.15) is 6.61 Å². The molecule has 17 heavy (non-hydrogen) atoms. The zero-order valence-corrected chi connectivity index (χ0v) is 10.9. The number of likely N-dealkylation sites (N-methyl/N-ethyl adjacent to an activating group) is 1. The van der Waals surface area contributed by atoms with Crippen molar-refractivity contribution in [1.29, 1.82) is 0 Å². The first kappa shape index (κ1) is 13.8. The molecule has 1 aromatic carbocycles. The Bertz CT molecular complexity index is 302. The summed E-state index contributed by atoms with van der Waals surface area (Å²) < 4.78 is 11.4. The normalized spacial score (nSPS) is 10.2. The predicted octanol–water partition coefficient (Wildman–Crippen LogP) is 2.85. The van der Waals surface area contributed by atoms with Gasteiger partial charge in [0.25, 0.3) is 0 Å². The quantitative estimate of drug-likeness (QED) is 0.670. The van der Waals surface area contributed by atoms with Gasteiger partial charge in [0.2, 0.25) is 0 Å². The number of ether oxygens (including phenoxy) is 2. The fraction of sp³-hybridized carbons (Fsp3) is 0.571. The fourth-order valence-corrected chi connectivity index (χ4v) is 1.49. The number of hydrogen-bond acceptors (Lipinski definition) is 3. The zero-order valence-electron chi connectivity index (χ0n) is 10.9. The van der Waals surface area contributed by atoms with Gasteiger partial charge >= 0.3 is 0 Å². The SMILES string of the molecule is CCCCCOc1ccccc1OCCNC. The summed E-state index contributed by atoms with van der Waals surface area (Å²) in [5.41, 5.74) is 0. The van der Waals surface area contributed by atoms with E-state index >= 15 is 0 Å². The van der Waals surface area contributed by atoms with E-state index < -0.39 is 0 Å². The van der Waals surface area contributed by atoms with Gasteiger partial charge in [-0.3, -0.25) is 0 Å². The average Bonchev–Trinajstić information content (AvgIpc) is 2.36. The molecule has 0 radical (unpaired) electrons. The molecule has 0 saturated heterocycles. The van der Waals surface area contributed by atoms with Gasteiger partial charge in [-0.2, -0.15) is 0 Å². The van der Waals surface area contributed by atoms with Gasteiger partial charge in [-0.05, 0) is 25.6 Å². The molecule has 0 amide bonds. The zero-order chi connectivity index (χ0) is 12.3. The van der Waals surface area contributed by atoms with E-state index in [-0.39, 0.29) is 0 Å². The van der Waals surface area contributed by atoms with Gasteiger partial charge in [-0.25, -0.2) is 0 Å². The van der Waals surface area contributed by atoms with E-state index in [0.29, 0.717) is 6.61 Å². The van der Waals surface area contributed by atoms with Crippen LogP contribution in [0.5, 0.6) is 11.5 Å². The maximum atomic E-state index is 5.72. The molecule has 96 valence electrons. The summed E-state index contributed by atoms with van der Waals surface area (Å²) in [6.07, 6.45) is 3.52. The lowest BCUT2D eigenvalue weighted by Gasteiger charge is -2.12. The molecule has 1 N–H and O–H groups in total. The largest absolute Gasteiger partial charge is 0.490 e. The van der Waals surface area contributed by atoms with E-state index in [1.54, 1.807) is 0 Å². The molecule has 0 aliphatic carbocycles. The third-order valence-electron chi connectivity index (χ3n) is 2.46. The number of unbranched alkanes of at least 4 members (excludes halogenated alkanes) is 2. The third kappa shape index (κ3) is 5.59. The van der Waals surface area contributed by atoms with Gasteiger partial charge in [0, 0.05) is 6.54 Å². The van der Waals surface area contributed by atoms with Crippen LogP contribution in [0, 0.1) is 0 Å². The van der Waals surface area contributed by atoms with Crippen LogP contribution >= 0.6 is 0 Å². The van der Waals surface area contributed by atoms with Crippen molar-refractivity contribution in [3.63, 3.8) is 0 Å². The van der Waals surface area contributed by atoms with Crippen molar-refractivity contribution in [1.82, 2.24) is 5.32 Å². The van der Waals surface area contributed by atoms with Crippen molar-refractivity contribution < 1.29 is 9.47 Å². The standard InChI is InChI=1S/C14H23NO2/c1-3-4-7-11-16-13-8-5-6-9-14(13)17-12-10-15-2/h5-6,8-9,15H,3-4,7,10-12H2,1-2H3. The van der Waals surface area contributed by atoms with Crippen molar-refractivity contribution in [2.24, 2.45) is 0 Å². The molecule has 0 aliphatic heterocycles. The van der Waals surface area contributed by atoms with Crippen molar-refractivity contribution in [3.8, 4) is 11.5 Å². The summed E-state index contributed by atoms with van der Waals surface area (Å²) in [6.45, 7) is 4.45. The maximum Gasteiger partial charge on any atom is 0.161 e. The van der Waals surface area contributed by atoms with Gasteiger partial charge in [0.05, 0.1) is 6.61 Å². The molecule has 0 saturated carbocycles. The monoisotopic (exact) mass is 237 g/mol. The van der Waals surface area contributed by atoms with Gasteiger partial charge < -0.3 is 14.8 Å². The van der Waals surface area contributed by atoms with Crippen LogP contribution < -0.4 is 14.8 Å². The first-order valence-electron chi connectivity index (χ1n) is 6.37. The molecular formula is C14H23NO2. The molecule has 0 fully saturated rings. The van der Waals surface area contributed by atoms with Crippen molar-refractivity contribution >= 4 is 0 Å². The number of benzene rings is 1. The average molecular weight is 237 g/mol. The lowest BCUT2D eigenvalue weighted by Crippen LogP contribution is -2.16. The molecule has 1 rings (SSSR count). The van der Waals surface area contributed by atoms with Crippen molar-refractivity contribution in [3.05, 3.63) is 24.3 Å². The Morgan fingerprint density at radius 3 is 2.24 bits per heavy atom. The lowest BCUT2D eigenvalue weighted by molar-refractivity contribution is 0.264. The Balaban J connectivity index is 2.40. The van der Waals surface area contributed by atoms with E-state index in [1.807, 2.05) is 31.3 Å². The highest BCUT2D eigenvalue weighted by Gasteiger charge is 2.03. The smallest absolute Gasteiger partial charge is 0.161 e. The predicted molar refractivity (Wildman–Crippen MR) is 70.9 cm³/mol. The Kier molecular flexibility index (Phi) is 7.23. The van der Waals surface area contributed by atoms with Crippen LogP contribution in [0.15, 0.2) is 24.3 Å². The summed E-state index contributed by atoms with van der Waals surface area (Å²) in [4.78, 5) is 0.